The topological polar surface area (TPSA) is 126 Å². The summed E-state index contributed by atoms with van der Waals surface area (Å²) in [5.74, 6) is -0.673. The molecular weight excluding hydrogens is 524 g/mol. The van der Waals surface area contributed by atoms with E-state index in [2.05, 4.69) is 22.9 Å². The molecule has 1 fully saturated rings. The van der Waals surface area contributed by atoms with Crippen LogP contribution in [0.4, 0.5) is 17.1 Å². The second kappa shape index (κ2) is 13.5. The zero-order valence-electron chi connectivity index (χ0n) is 23.4. The zero-order chi connectivity index (χ0) is 29.4. The lowest BCUT2D eigenvalue weighted by molar-refractivity contribution is -0.128. The van der Waals surface area contributed by atoms with E-state index in [-0.39, 0.29) is 24.1 Å². The molecule has 1 aliphatic rings. The van der Waals surface area contributed by atoms with Gasteiger partial charge in [0.15, 0.2) is 0 Å². The van der Waals surface area contributed by atoms with Crippen molar-refractivity contribution in [2.24, 2.45) is 5.92 Å². The number of carbonyl (C=O) groups excluding carboxylic acids is 4. The summed E-state index contributed by atoms with van der Waals surface area (Å²) in [4.78, 5) is 52.3. The van der Waals surface area contributed by atoms with Crippen LogP contribution in [0.15, 0.2) is 66.7 Å². The van der Waals surface area contributed by atoms with E-state index in [0.29, 0.717) is 52.8 Å². The molecule has 1 saturated heterocycles. The number of hydrogen-bond donors (Lipinski definition) is 3. The van der Waals surface area contributed by atoms with Crippen molar-refractivity contribution in [1.29, 1.82) is 0 Å². The van der Waals surface area contributed by atoms with Gasteiger partial charge in [-0.25, -0.2) is 0 Å². The number of hydrogen-bond acceptors (Lipinski definition) is 6. The Morgan fingerprint density at radius 3 is 1.93 bits per heavy atom. The van der Waals surface area contributed by atoms with Crippen LogP contribution in [0.5, 0.6) is 11.5 Å². The number of ether oxygens (including phenoxy) is 2. The molecule has 1 unspecified atom stereocenters. The summed E-state index contributed by atoms with van der Waals surface area (Å²) in [5.41, 5.74) is 2.10. The molecule has 41 heavy (non-hydrogen) atoms. The van der Waals surface area contributed by atoms with Crippen molar-refractivity contribution in [3.05, 3.63) is 77.9 Å². The highest BCUT2D eigenvalue weighted by Crippen LogP contribution is 2.37. The lowest BCUT2D eigenvalue weighted by Crippen LogP contribution is -2.29. The van der Waals surface area contributed by atoms with Gasteiger partial charge in [-0.15, -0.1) is 0 Å². The third-order valence-electron chi connectivity index (χ3n) is 6.84. The summed E-state index contributed by atoms with van der Waals surface area (Å²) in [6, 6.07) is 18.4. The normalized spacial score (nSPS) is 14.4. The van der Waals surface area contributed by atoms with Gasteiger partial charge in [0.2, 0.25) is 11.8 Å². The van der Waals surface area contributed by atoms with Crippen molar-refractivity contribution in [2.45, 2.75) is 26.2 Å². The number of carbonyl (C=O) groups is 4. The van der Waals surface area contributed by atoms with Crippen molar-refractivity contribution in [3.8, 4) is 11.5 Å². The Balaban J connectivity index is 1.40. The highest BCUT2D eigenvalue weighted by atomic mass is 16.5. The Labute approximate surface area is 239 Å². The summed E-state index contributed by atoms with van der Waals surface area (Å²) < 4.78 is 10.9. The molecule has 3 aromatic carbocycles. The Kier molecular flexibility index (Phi) is 9.57. The van der Waals surface area contributed by atoms with Crippen molar-refractivity contribution >= 4 is 40.7 Å². The summed E-state index contributed by atoms with van der Waals surface area (Å²) in [6.45, 7) is 3.16. The maximum Gasteiger partial charge on any atom is 0.255 e. The molecule has 0 aliphatic carbocycles. The van der Waals surface area contributed by atoms with Crippen molar-refractivity contribution in [3.63, 3.8) is 0 Å². The van der Waals surface area contributed by atoms with Gasteiger partial charge >= 0.3 is 0 Å². The number of rotatable bonds is 11. The van der Waals surface area contributed by atoms with Gasteiger partial charge in [-0.05, 0) is 42.8 Å². The molecule has 0 saturated carbocycles. The predicted molar refractivity (Wildman–Crippen MR) is 157 cm³/mol. The number of anilines is 3. The largest absolute Gasteiger partial charge is 0.494 e. The monoisotopic (exact) mass is 558 g/mol. The number of unbranched alkanes of at least 4 members (excludes halogenated alkanes) is 1. The molecule has 4 amide bonds. The van der Waals surface area contributed by atoms with Gasteiger partial charge in [-0.1, -0.05) is 31.5 Å². The number of benzene rings is 3. The van der Waals surface area contributed by atoms with Crippen LogP contribution >= 0.6 is 0 Å². The fourth-order valence-corrected chi connectivity index (χ4v) is 4.53. The fourth-order valence-electron chi connectivity index (χ4n) is 4.53. The van der Waals surface area contributed by atoms with Crippen LogP contribution < -0.4 is 25.4 Å². The molecular formula is C31H34N4O6. The number of nitrogens with one attached hydrogen (secondary N) is 3. The molecule has 1 atom stereocenters. The molecule has 0 spiro atoms. The van der Waals surface area contributed by atoms with Crippen molar-refractivity contribution in [2.75, 3.05) is 43.3 Å². The SMILES string of the molecule is CCCCN1CC(C(=O)Nc2ccc(C(=O)Nc3cc(OC)c(NC(=O)c4ccccc4)cc3OC)cc2)CC1=O. The third kappa shape index (κ3) is 7.21. The van der Waals surface area contributed by atoms with Crippen molar-refractivity contribution < 1.29 is 28.7 Å². The first kappa shape index (κ1) is 29.1. The van der Waals surface area contributed by atoms with Crippen LogP contribution in [0.25, 0.3) is 0 Å². The molecule has 0 aromatic heterocycles. The maximum atomic E-state index is 13.0. The highest BCUT2D eigenvalue weighted by Gasteiger charge is 2.33. The lowest BCUT2D eigenvalue weighted by atomic mass is 10.1. The second-order valence-electron chi connectivity index (χ2n) is 9.69. The van der Waals surface area contributed by atoms with Crippen LogP contribution in [-0.4, -0.2) is 55.8 Å². The molecule has 1 heterocycles. The smallest absolute Gasteiger partial charge is 0.255 e. The Hall–Kier alpha value is -4.86. The first-order valence-corrected chi connectivity index (χ1v) is 13.4. The van der Waals surface area contributed by atoms with Gasteiger partial charge in [-0.3, -0.25) is 19.2 Å². The number of amides is 4. The average molecular weight is 559 g/mol. The molecule has 3 aromatic rings. The van der Waals surface area contributed by atoms with Gasteiger partial charge in [0.05, 0.1) is 31.5 Å². The van der Waals surface area contributed by atoms with Gasteiger partial charge in [0, 0.05) is 48.5 Å². The first-order valence-electron chi connectivity index (χ1n) is 13.4. The molecule has 0 bridgehead atoms. The summed E-state index contributed by atoms with van der Waals surface area (Å²) in [5, 5.41) is 8.46. The van der Waals surface area contributed by atoms with E-state index in [9.17, 15) is 19.2 Å². The highest BCUT2D eigenvalue weighted by molar-refractivity contribution is 6.07. The minimum absolute atomic E-state index is 0.00397. The minimum Gasteiger partial charge on any atom is -0.494 e. The van der Waals surface area contributed by atoms with E-state index in [1.54, 1.807) is 65.6 Å². The van der Waals surface area contributed by atoms with E-state index in [0.717, 1.165) is 12.8 Å². The molecule has 10 nitrogen and oxygen atoms in total. The predicted octanol–water partition coefficient (Wildman–Crippen LogP) is 4.80. The summed E-state index contributed by atoms with van der Waals surface area (Å²) in [7, 11) is 2.92. The first-order chi connectivity index (χ1) is 19.8. The van der Waals surface area contributed by atoms with E-state index in [1.807, 2.05) is 6.07 Å². The molecule has 0 radical (unpaired) electrons. The summed E-state index contributed by atoms with van der Waals surface area (Å²) >= 11 is 0. The van der Waals surface area contributed by atoms with Gasteiger partial charge in [0.25, 0.3) is 11.8 Å². The fraction of sp³-hybridized carbons (Fsp3) is 0.290. The number of likely N-dealkylation sites (tertiary alicyclic amines) is 1. The van der Waals surface area contributed by atoms with E-state index < -0.39 is 11.8 Å². The number of nitrogens with zero attached hydrogens (tertiary/aromatic N) is 1. The van der Waals surface area contributed by atoms with Crippen LogP contribution in [0, 0.1) is 5.92 Å². The van der Waals surface area contributed by atoms with E-state index in [1.165, 1.54) is 14.2 Å². The average Bonchev–Trinajstić information content (AvgIpc) is 3.37. The molecule has 214 valence electrons. The molecule has 10 heteroatoms. The van der Waals surface area contributed by atoms with Crippen LogP contribution in [0.3, 0.4) is 0 Å². The quantitative estimate of drug-likeness (QED) is 0.311. The zero-order valence-corrected chi connectivity index (χ0v) is 23.4. The van der Waals surface area contributed by atoms with Crippen molar-refractivity contribution in [1.82, 2.24) is 4.90 Å². The second-order valence-corrected chi connectivity index (χ2v) is 9.69. The minimum atomic E-state index is -0.405. The Bertz CT molecular complexity index is 1410. The van der Waals surface area contributed by atoms with Crippen LogP contribution in [0.1, 0.15) is 46.9 Å². The number of methoxy groups -OCH3 is 2. The van der Waals surface area contributed by atoms with Crippen LogP contribution in [0.2, 0.25) is 0 Å². The van der Waals surface area contributed by atoms with E-state index in [4.69, 9.17) is 9.47 Å². The third-order valence-corrected chi connectivity index (χ3v) is 6.84. The van der Waals surface area contributed by atoms with E-state index >= 15 is 0 Å². The Morgan fingerprint density at radius 1 is 0.829 bits per heavy atom. The van der Waals surface area contributed by atoms with Gasteiger partial charge in [0.1, 0.15) is 11.5 Å². The van der Waals surface area contributed by atoms with Crippen LogP contribution in [-0.2, 0) is 9.59 Å². The molecule has 3 N–H and O–H groups in total. The van der Waals surface area contributed by atoms with Gasteiger partial charge in [-0.2, -0.15) is 0 Å². The molecule has 1 aliphatic heterocycles. The molecule has 4 rings (SSSR count). The standard InChI is InChI=1S/C31H34N4O6/c1-4-5-15-35-19-22(16-28(35)36)31(39)32-23-13-11-21(12-14-23)30(38)34-25-18-26(40-2)24(17-27(25)41-3)33-29(37)20-9-7-6-8-10-20/h6-14,17-18,22H,4-5,15-16,19H2,1-3H3,(H,32,39)(H,33,37)(H,34,38). The van der Waals surface area contributed by atoms with Gasteiger partial charge < -0.3 is 30.3 Å². The summed E-state index contributed by atoms with van der Waals surface area (Å²) in [6.07, 6.45) is 2.10. The lowest BCUT2D eigenvalue weighted by Gasteiger charge is -2.17. The Morgan fingerprint density at radius 2 is 1.39 bits per heavy atom. The maximum absolute atomic E-state index is 13.0.